The molecule has 29 heavy (non-hydrogen) atoms. The number of hydrogen-bond donors (Lipinski definition) is 1. The quantitative estimate of drug-likeness (QED) is 0.627. The Labute approximate surface area is 178 Å². The minimum absolute atomic E-state index is 0.0167. The second-order valence-electron chi connectivity index (χ2n) is 7.43. The molecule has 0 aliphatic heterocycles. The molecule has 0 aliphatic rings. The van der Waals surface area contributed by atoms with Crippen LogP contribution in [0, 0.1) is 27.7 Å². The van der Waals surface area contributed by atoms with Gasteiger partial charge in [0.25, 0.3) is 0 Å². The number of carbonyl (C=O) groups excluding carboxylic acids is 2. The van der Waals surface area contributed by atoms with Gasteiger partial charge in [-0.25, -0.2) is 0 Å². The summed E-state index contributed by atoms with van der Waals surface area (Å²) in [4.78, 5) is 26.1. The zero-order valence-corrected chi connectivity index (χ0v) is 18.5. The largest absolute Gasteiger partial charge is 0.494 e. The van der Waals surface area contributed by atoms with Crippen molar-refractivity contribution in [2.45, 2.75) is 40.5 Å². The Morgan fingerprint density at radius 3 is 2.31 bits per heavy atom. The third-order valence-electron chi connectivity index (χ3n) is 4.68. The third kappa shape index (κ3) is 6.79. The molecule has 0 bridgehead atoms. The van der Waals surface area contributed by atoms with Crippen LogP contribution in [0.4, 0.5) is 5.69 Å². The number of amides is 2. The summed E-state index contributed by atoms with van der Waals surface area (Å²) in [5, 5.41) is 3.62. The van der Waals surface area contributed by atoms with Gasteiger partial charge in [0.2, 0.25) is 11.8 Å². The summed E-state index contributed by atoms with van der Waals surface area (Å²) >= 11 is 6.00. The van der Waals surface area contributed by atoms with Crippen LogP contribution in [-0.4, -0.2) is 36.9 Å². The Hall–Kier alpha value is -2.53. The molecular weight excluding hydrogens is 388 g/mol. The Morgan fingerprint density at radius 1 is 1.03 bits per heavy atom. The highest BCUT2D eigenvalue weighted by molar-refractivity contribution is 6.31. The van der Waals surface area contributed by atoms with Crippen molar-refractivity contribution in [1.29, 1.82) is 0 Å². The predicted molar refractivity (Wildman–Crippen MR) is 118 cm³/mol. The highest BCUT2D eigenvalue weighted by Gasteiger charge is 2.14. The summed E-state index contributed by atoms with van der Waals surface area (Å²) < 4.78 is 5.66. The molecule has 2 aromatic rings. The van der Waals surface area contributed by atoms with Gasteiger partial charge >= 0.3 is 0 Å². The number of nitrogens with zero attached hydrogens (tertiary/aromatic N) is 1. The molecule has 0 heterocycles. The van der Waals surface area contributed by atoms with E-state index in [9.17, 15) is 9.59 Å². The summed E-state index contributed by atoms with van der Waals surface area (Å²) in [5.74, 6) is 0.438. The van der Waals surface area contributed by atoms with Crippen LogP contribution in [-0.2, 0) is 9.59 Å². The number of nitrogens with one attached hydrogen (secondary N) is 1. The average molecular weight is 417 g/mol. The van der Waals surface area contributed by atoms with E-state index < -0.39 is 0 Å². The minimum atomic E-state index is -0.205. The van der Waals surface area contributed by atoms with Gasteiger partial charge in [0.15, 0.2) is 0 Å². The molecule has 2 aromatic carbocycles. The van der Waals surface area contributed by atoms with Crippen molar-refractivity contribution in [3.8, 4) is 5.75 Å². The van der Waals surface area contributed by atoms with Gasteiger partial charge in [-0.2, -0.15) is 0 Å². The molecule has 0 saturated carbocycles. The maximum absolute atomic E-state index is 12.4. The van der Waals surface area contributed by atoms with Crippen molar-refractivity contribution in [3.05, 3.63) is 57.6 Å². The minimum Gasteiger partial charge on any atom is -0.494 e. The van der Waals surface area contributed by atoms with E-state index in [-0.39, 0.29) is 18.4 Å². The lowest BCUT2D eigenvalue weighted by molar-refractivity contribution is -0.133. The number of benzene rings is 2. The van der Waals surface area contributed by atoms with E-state index in [1.54, 1.807) is 13.1 Å². The molecule has 0 unspecified atom stereocenters. The Bertz CT molecular complexity index is 873. The van der Waals surface area contributed by atoms with Crippen molar-refractivity contribution in [3.63, 3.8) is 0 Å². The van der Waals surface area contributed by atoms with Gasteiger partial charge < -0.3 is 15.0 Å². The standard InChI is InChI=1S/C23H29ClN2O3/c1-15-11-17(3)23(18(4)12-15)25-21(27)14-26(5)22(28)7-6-10-29-19-8-9-20(24)16(2)13-19/h8-9,11-13H,6-7,10,14H2,1-5H3,(H,25,27). The van der Waals surface area contributed by atoms with Crippen LogP contribution < -0.4 is 10.1 Å². The number of anilines is 1. The van der Waals surface area contributed by atoms with Gasteiger partial charge in [-0.1, -0.05) is 29.3 Å². The molecular formula is C23H29ClN2O3. The molecule has 0 fully saturated rings. The molecule has 0 saturated heterocycles. The number of carbonyl (C=O) groups is 2. The van der Waals surface area contributed by atoms with E-state index in [0.717, 1.165) is 33.7 Å². The number of likely N-dealkylation sites (N-methyl/N-ethyl adjacent to an activating group) is 1. The van der Waals surface area contributed by atoms with Crippen LogP contribution in [0.1, 0.15) is 35.1 Å². The fraction of sp³-hybridized carbons (Fsp3) is 0.391. The lowest BCUT2D eigenvalue weighted by atomic mass is 10.1. The van der Waals surface area contributed by atoms with Gasteiger partial charge in [-0.3, -0.25) is 9.59 Å². The molecule has 156 valence electrons. The zero-order valence-electron chi connectivity index (χ0n) is 17.8. The Kier molecular flexibility index (Phi) is 8.09. The average Bonchev–Trinajstić information content (AvgIpc) is 2.64. The van der Waals surface area contributed by atoms with Crippen LogP contribution in [0.3, 0.4) is 0 Å². The maximum Gasteiger partial charge on any atom is 0.243 e. The highest BCUT2D eigenvalue weighted by atomic mass is 35.5. The molecule has 2 rings (SSSR count). The second kappa shape index (κ2) is 10.3. The van der Waals surface area contributed by atoms with E-state index in [4.69, 9.17) is 16.3 Å². The molecule has 0 spiro atoms. The van der Waals surface area contributed by atoms with E-state index >= 15 is 0 Å². The van der Waals surface area contributed by atoms with Crippen LogP contribution in [0.5, 0.6) is 5.75 Å². The first-order valence-electron chi connectivity index (χ1n) is 9.68. The fourth-order valence-electron chi connectivity index (χ4n) is 3.17. The topological polar surface area (TPSA) is 58.6 Å². The molecule has 0 atom stereocenters. The molecule has 1 N–H and O–H groups in total. The van der Waals surface area contributed by atoms with Gasteiger partial charge in [0, 0.05) is 24.2 Å². The number of hydrogen-bond acceptors (Lipinski definition) is 3. The third-order valence-corrected chi connectivity index (χ3v) is 5.11. The van der Waals surface area contributed by atoms with E-state index in [1.165, 1.54) is 4.90 Å². The Morgan fingerprint density at radius 2 is 1.69 bits per heavy atom. The van der Waals surface area contributed by atoms with E-state index in [1.807, 2.05) is 52.0 Å². The second-order valence-corrected chi connectivity index (χ2v) is 7.84. The van der Waals surface area contributed by atoms with Crippen molar-refractivity contribution >= 4 is 29.1 Å². The van der Waals surface area contributed by atoms with Crippen molar-refractivity contribution < 1.29 is 14.3 Å². The molecule has 5 nitrogen and oxygen atoms in total. The van der Waals surface area contributed by atoms with Crippen LogP contribution in [0.2, 0.25) is 5.02 Å². The first-order valence-corrected chi connectivity index (χ1v) is 10.1. The number of aryl methyl sites for hydroxylation is 4. The number of halogens is 1. The van der Waals surface area contributed by atoms with E-state index in [2.05, 4.69) is 5.32 Å². The zero-order chi connectivity index (χ0) is 21.6. The van der Waals surface area contributed by atoms with Crippen molar-refractivity contribution in [1.82, 2.24) is 4.90 Å². The fourth-order valence-corrected chi connectivity index (χ4v) is 3.29. The lowest BCUT2D eigenvalue weighted by Crippen LogP contribution is -2.35. The molecule has 6 heteroatoms. The molecule has 0 radical (unpaired) electrons. The summed E-state index contributed by atoms with van der Waals surface area (Å²) in [5.41, 5.74) is 4.94. The van der Waals surface area contributed by atoms with Crippen molar-refractivity contribution in [2.75, 3.05) is 25.5 Å². The lowest BCUT2D eigenvalue weighted by Gasteiger charge is -2.18. The van der Waals surface area contributed by atoms with Gasteiger partial charge in [-0.15, -0.1) is 0 Å². The highest BCUT2D eigenvalue weighted by Crippen LogP contribution is 2.22. The van der Waals surface area contributed by atoms with Gasteiger partial charge in [0.05, 0.1) is 13.2 Å². The summed E-state index contributed by atoms with van der Waals surface area (Å²) in [6, 6.07) is 9.53. The normalized spacial score (nSPS) is 10.6. The summed E-state index contributed by atoms with van der Waals surface area (Å²) in [6.45, 7) is 8.31. The molecule has 2 amide bonds. The van der Waals surface area contributed by atoms with Crippen LogP contribution >= 0.6 is 11.6 Å². The maximum atomic E-state index is 12.4. The Balaban J connectivity index is 1.76. The first kappa shape index (κ1) is 22.8. The smallest absolute Gasteiger partial charge is 0.243 e. The first-order chi connectivity index (χ1) is 13.7. The van der Waals surface area contributed by atoms with Crippen molar-refractivity contribution in [2.24, 2.45) is 0 Å². The number of ether oxygens (including phenoxy) is 1. The molecule has 0 aliphatic carbocycles. The summed E-state index contributed by atoms with van der Waals surface area (Å²) in [6.07, 6.45) is 0.890. The van der Waals surface area contributed by atoms with E-state index in [0.29, 0.717) is 24.5 Å². The monoisotopic (exact) mass is 416 g/mol. The summed E-state index contributed by atoms with van der Waals surface area (Å²) in [7, 11) is 1.64. The van der Waals surface area contributed by atoms with Gasteiger partial charge in [0.1, 0.15) is 5.75 Å². The predicted octanol–water partition coefficient (Wildman–Crippen LogP) is 4.83. The number of rotatable bonds is 8. The van der Waals surface area contributed by atoms with Crippen LogP contribution in [0.15, 0.2) is 30.3 Å². The van der Waals surface area contributed by atoms with Gasteiger partial charge in [-0.05, 0) is 69.0 Å². The SMILES string of the molecule is Cc1cc(C)c(NC(=O)CN(C)C(=O)CCCOc2ccc(Cl)c(C)c2)c(C)c1. The molecule has 0 aromatic heterocycles. The van der Waals surface area contributed by atoms with Crippen LogP contribution in [0.25, 0.3) is 0 Å².